The van der Waals surface area contributed by atoms with Gasteiger partial charge in [-0.05, 0) is 61.6 Å². The molecule has 1 saturated heterocycles. The van der Waals surface area contributed by atoms with Gasteiger partial charge in [0, 0.05) is 42.9 Å². The molecule has 1 saturated carbocycles. The molecule has 4 heterocycles. The Morgan fingerprint density at radius 1 is 1.10 bits per heavy atom. The van der Waals surface area contributed by atoms with Crippen LogP contribution in [0.1, 0.15) is 54.2 Å². The second-order valence-electron chi connectivity index (χ2n) is 10.2. The minimum atomic E-state index is -1.53. The number of nitrogens with zero attached hydrogens (tertiary/aromatic N) is 6. The number of carbonyl (C=O) groups is 1. The van der Waals surface area contributed by atoms with Crippen LogP contribution >= 0.6 is 0 Å². The predicted octanol–water partition coefficient (Wildman–Crippen LogP) is 4.51. The smallest absolute Gasteiger partial charge is 0.281 e. The first kappa shape index (κ1) is 25.2. The topological polar surface area (TPSA) is 117 Å². The van der Waals surface area contributed by atoms with Crippen LogP contribution in [0.5, 0.6) is 0 Å². The summed E-state index contributed by atoms with van der Waals surface area (Å²) in [6.45, 7) is 1.61. The van der Waals surface area contributed by atoms with Crippen LogP contribution in [0.2, 0.25) is 0 Å². The molecule has 2 aliphatic rings. The van der Waals surface area contributed by atoms with E-state index < -0.39 is 16.9 Å². The number of piperidine rings is 1. The fourth-order valence-electron chi connectivity index (χ4n) is 5.36. The Morgan fingerprint density at radius 2 is 1.87 bits per heavy atom. The zero-order chi connectivity index (χ0) is 26.9. The van der Waals surface area contributed by atoms with Gasteiger partial charge < -0.3 is 4.90 Å². The van der Waals surface area contributed by atoms with Gasteiger partial charge in [-0.25, -0.2) is 18.9 Å². The van der Waals surface area contributed by atoms with Crippen molar-refractivity contribution in [3.8, 4) is 22.9 Å². The summed E-state index contributed by atoms with van der Waals surface area (Å²) in [6.07, 6.45) is 8.22. The molecule has 0 spiro atoms. The molecule has 198 valence electrons. The van der Waals surface area contributed by atoms with E-state index in [0.717, 1.165) is 78.9 Å². The Balaban J connectivity index is 1.49. The van der Waals surface area contributed by atoms with E-state index in [0.29, 0.717) is 11.6 Å². The minimum absolute atomic E-state index is 0.110. The quantitative estimate of drug-likeness (QED) is 0.383. The number of amides is 1. The molecule has 1 N–H and O–H groups in total. The second-order valence-corrected chi connectivity index (χ2v) is 11.3. The molecule has 0 radical (unpaired) electrons. The maximum Gasteiger partial charge on any atom is 0.281 e. The number of hydrogen-bond acceptors (Lipinski definition) is 7. The number of pyridine rings is 2. The summed E-state index contributed by atoms with van der Waals surface area (Å²) in [4.78, 5) is 24.8. The number of para-hydroxylation sites is 1. The van der Waals surface area contributed by atoms with Gasteiger partial charge in [0.2, 0.25) is 0 Å². The molecule has 10 heteroatoms. The third-order valence-electron chi connectivity index (χ3n) is 7.69. The Morgan fingerprint density at radius 3 is 2.49 bits per heavy atom. The lowest BCUT2D eigenvalue weighted by Gasteiger charge is -2.30. The van der Waals surface area contributed by atoms with E-state index >= 15 is 0 Å². The summed E-state index contributed by atoms with van der Waals surface area (Å²) < 4.78 is 16.1. The van der Waals surface area contributed by atoms with Gasteiger partial charge in [-0.2, -0.15) is 10.4 Å². The molecule has 0 bridgehead atoms. The number of rotatable bonds is 6. The van der Waals surface area contributed by atoms with Gasteiger partial charge in [-0.1, -0.05) is 24.6 Å². The van der Waals surface area contributed by atoms with Crippen LogP contribution in [-0.2, 0) is 11.0 Å². The average Bonchev–Trinajstić information content (AvgIpc) is 3.31. The molecule has 6 rings (SSSR count). The van der Waals surface area contributed by atoms with E-state index in [1.54, 1.807) is 6.07 Å². The molecule has 1 atom stereocenters. The molecule has 1 aliphatic carbocycles. The summed E-state index contributed by atoms with van der Waals surface area (Å²) in [6, 6.07) is 18.0. The molecule has 4 aromatic rings. The molecule has 1 aromatic carbocycles. The number of fused-ring (bicyclic) bond motifs is 1. The van der Waals surface area contributed by atoms with E-state index in [2.05, 4.69) is 15.7 Å². The highest BCUT2D eigenvalue weighted by Gasteiger charge is 2.29. The number of anilines is 1. The first-order valence-electron chi connectivity index (χ1n) is 13.3. The molecule has 3 aromatic heterocycles. The summed E-state index contributed by atoms with van der Waals surface area (Å²) in [7, 11) is -1.53. The van der Waals surface area contributed by atoms with Crippen molar-refractivity contribution >= 4 is 33.7 Å². The number of benzene rings is 1. The normalized spacial score (nSPS) is 17.0. The number of carbonyl (C=O) groups excluding carboxylic acids is 1. The van der Waals surface area contributed by atoms with E-state index in [1.165, 1.54) is 6.26 Å². The highest BCUT2D eigenvalue weighted by molar-refractivity contribution is 7.82. The molecular weight excluding hydrogens is 510 g/mol. The van der Waals surface area contributed by atoms with Gasteiger partial charge in [-0.3, -0.25) is 9.52 Å². The van der Waals surface area contributed by atoms with Crippen molar-refractivity contribution in [3.05, 3.63) is 66.1 Å². The number of aromatic nitrogens is 4. The monoisotopic (exact) mass is 539 g/mol. The Labute approximate surface area is 229 Å². The lowest BCUT2D eigenvalue weighted by molar-refractivity contribution is 0.0978. The van der Waals surface area contributed by atoms with Crippen molar-refractivity contribution in [2.45, 2.75) is 38.0 Å². The first-order chi connectivity index (χ1) is 19.0. The highest BCUT2D eigenvalue weighted by atomic mass is 32.2. The molecule has 39 heavy (non-hydrogen) atoms. The SMILES string of the molecule is CS(=O)NC(=O)c1cc(-c2ccc(N3CCC(C#N)CC3)nc2)c2c(C3CCC3)nn(-c3ccccc3)c2n1. The number of nitrogens with one attached hydrogen (secondary N) is 1. The van der Waals surface area contributed by atoms with Crippen LogP contribution < -0.4 is 9.62 Å². The van der Waals surface area contributed by atoms with Crippen molar-refractivity contribution in [2.24, 2.45) is 5.92 Å². The lowest BCUT2D eigenvalue weighted by atomic mass is 9.81. The molecule has 1 aliphatic heterocycles. The molecule has 1 unspecified atom stereocenters. The van der Waals surface area contributed by atoms with Crippen molar-refractivity contribution in [1.29, 1.82) is 5.26 Å². The molecule has 9 nitrogen and oxygen atoms in total. The van der Waals surface area contributed by atoms with Crippen LogP contribution in [0.15, 0.2) is 54.7 Å². The molecule has 2 fully saturated rings. The van der Waals surface area contributed by atoms with Gasteiger partial charge in [0.05, 0.1) is 22.8 Å². The fourth-order valence-corrected chi connectivity index (χ4v) is 5.72. The van der Waals surface area contributed by atoms with E-state index in [1.807, 2.05) is 53.3 Å². The van der Waals surface area contributed by atoms with E-state index in [4.69, 9.17) is 15.1 Å². The van der Waals surface area contributed by atoms with Gasteiger partial charge >= 0.3 is 0 Å². The zero-order valence-corrected chi connectivity index (χ0v) is 22.5. The van der Waals surface area contributed by atoms with Crippen molar-refractivity contribution in [3.63, 3.8) is 0 Å². The van der Waals surface area contributed by atoms with E-state index in [9.17, 15) is 14.3 Å². The second kappa shape index (κ2) is 10.6. The van der Waals surface area contributed by atoms with Gasteiger partial charge in [0.1, 0.15) is 22.5 Å². The number of hydrogen-bond donors (Lipinski definition) is 1. The third-order valence-corrected chi connectivity index (χ3v) is 8.16. The Bertz CT molecular complexity index is 1580. The van der Waals surface area contributed by atoms with E-state index in [-0.39, 0.29) is 11.6 Å². The molecular formula is C29H29N7O2S. The van der Waals surface area contributed by atoms with Gasteiger partial charge in [0.25, 0.3) is 5.91 Å². The zero-order valence-electron chi connectivity index (χ0n) is 21.7. The van der Waals surface area contributed by atoms with Gasteiger partial charge in [0.15, 0.2) is 5.65 Å². The highest BCUT2D eigenvalue weighted by Crippen LogP contribution is 2.42. The van der Waals surface area contributed by atoms with Crippen molar-refractivity contribution in [1.82, 2.24) is 24.5 Å². The summed E-state index contributed by atoms with van der Waals surface area (Å²) in [5, 5.41) is 15.2. The fraction of sp³-hybridized carbons (Fsp3) is 0.345. The summed E-state index contributed by atoms with van der Waals surface area (Å²) >= 11 is 0. The largest absolute Gasteiger partial charge is 0.357 e. The third kappa shape index (κ3) is 4.90. The number of nitriles is 1. The van der Waals surface area contributed by atoms with Crippen molar-refractivity contribution in [2.75, 3.05) is 24.2 Å². The lowest BCUT2D eigenvalue weighted by Crippen LogP contribution is -2.33. The summed E-state index contributed by atoms with van der Waals surface area (Å²) in [5.41, 5.74) is 4.30. The van der Waals surface area contributed by atoms with Crippen LogP contribution in [0, 0.1) is 17.2 Å². The Kier molecular flexibility index (Phi) is 6.83. The standard InChI is InChI=1S/C29H29N7O2S/c1-39(38)34-29(37)24-16-23(21-10-11-25(31-18-21)35-14-12-19(17-30)13-15-35)26-27(20-6-5-7-20)33-36(28(26)32-24)22-8-3-2-4-9-22/h2-4,8-11,16,18-20H,5-7,12-15H2,1H3,(H,34,37). The molecule has 1 amide bonds. The maximum atomic E-state index is 13.0. The maximum absolute atomic E-state index is 13.0. The van der Waals surface area contributed by atoms with Crippen LogP contribution in [-0.4, -0.2) is 49.2 Å². The van der Waals surface area contributed by atoms with Crippen molar-refractivity contribution < 1.29 is 9.00 Å². The van der Waals surface area contributed by atoms with Crippen LogP contribution in [0.25, 0.3) is 27.8 Å². The summed E-state index contributed by atoms with van der Waals surface area (Å²) in [5.74, 6) is 0.808. The van der Waals surface area contributed by atoms with Crippen LogP contribution in [0.4, 0.5) is 5.82 Å². The minimum Gasteiger partial charge on any atom is -0.357 e. The predicted molar refractivity (Wildman–Crippen MR) is 151 cm³/mol. The van der Waals surface area contributed by atoms with Crippen LogP contribution in [0.3, 0.4) is 0 Å². The average molecular weight is 540 g/mol. The Hall–Kier alpha value is -4.10. The first-order valence-corrected chi connectivity index (χ1v) is 14.8. The van der Waals surface area contributed by atoms with Gasteiger partial charge in [-0.15, -0.1) is 0 Å².